The van der Waals surface area contributed by atoms with E-state index in [-0.39, 0.29) is 6.29 Å². The maximum Gasteiger partial charge on any atom is 0.534 e. The summed E-state index contributed by atoms with van der Waals surface area (Å²) >= 11 is 0. The van der Waals surface area contributed by atoms with Crippen molar-refractivity contribution in [3.05, 3.63) is 27.8 Å². The number of hydrogen-bond acceptors (Lipinski definition) is 7. The van der Waals surface area contributed by atoms with Gasteiger partial charge in [-0.25, -0.2) is 0 Å². The second kappa shape index (κ2) is 6.40. The highest BCUT2D eigenvalue weighted by atomic mass is 32.2. The van der Waals surface area contributed by atoms with E-state index in [0.29, 0.717) is 12.1 Å². The molecule has 0 bridgehead atoms. The number of non-ortho nitro benzene ring substituents is 1. The summed E-state index contributed by atoms with van der Waals surface area (Å²) < 4.78 is 68.3. The molecule has 0 spiro atoms. The number of nitro groups is 1. The monoisotopic (exact) mass is 357 g/mol. The van der Waals surface area contributed by atoms with Crippen LogP contribution in [0.1, 0.15) is 24.2 Å². The van der Waals surface area contributed by atoms with Crippen LogP contribution in [0.15, 0.2) is 12.1 Å². The van der Waals surface area contributed by atoms with Gasteiger partial charge in [0.2, 0.25) is 0 Å². The van der Waals surface area contributed by atoms with Crippen LogP contribution in [0, 0.1) is 10.1 Å². The van der Waals surface area contributed by atoms with E-state index in [2.05, 4.69) is 4.18 Å². The second-order valence-electron chi connectivity index (χ2n) is 4.39. The SMILES string of the molecule is CC(C)Oc1cc([N+](=O)[O-])cc(C=O)c1OS(=O)(=O)C(F)(F)F. The fraction of sp³-hybridized carbons (Fsp3) is 0.364. The Morgan fingerprint density at radius 2 is 1.87 bits per heavy atom. The van der Waals surface area contributed by atoms with Crippen LogP contribution in [0.2, 0.25) is 0 Å². The molecule has 0 saturated heterocycles. The molecule has 1 aromatic carbocycles. The number of benzene rings is 1. The first-order valence-electron chi connectivity index (χ1n) is 5.84. The normalized spacial score (nSPS) is 12.1. The quantitative estimate of drug-likeness (QED) is 0.253. The molecule has 0 fully saturated rings. The van der Waals surface area contributed by atoms with Gasteiger partial charge in [0.25, 0.3) is 5.69 Å². The molecule has 0 aliphatic rings. The third-order valence-electron chi connectivity index (χ3n) is 2.25. The lowest BCUT2D eigenvalue weighted by atomic mass is 10.2. The smallest absolute Gasteiger partial charge is 0.487 e. The summed E-state index contributed by atoms with van der Waals surface area (Å²) in [5.74, 6) is -1.75. The molecule has 0 unspecified atom stereocenters. The van der Waals surface area contributed by atoms with E-state index < -0.39 is 49.4 Å². The predicted molar refractivity (Wildman–Crippen MR) is 69.9 cm³/mol. The van der Waals surface area contributed by atoms with Gasteiger partial charge in [0.05, 0.1) is 22.7 Å². The Balaban J connectivity index is 3.56. The topological polar surface area (TPSA) is 113 Å². The van der Waals surface area contributed by atoms with Crippen LogP contribution in [-0.4, -0.2) is 31.2 Å². The van der Waals surface area contributed by atoms with Crippen LogP contribution >= 0.6 is 0 Å². The van der Waals surface area contributed by atoms with Crippen LogP contribution in [-0.2, 0) is 10.1 Å². The van der Waals surface area contributed by atoms with Crippen molar-refractivity contribution in [2.75, 3.05) is 0 Å². The standard InChI is InChI=1S/C11H10F3NO7S/c1-6(2)21-9-4-8(15(17)18)3-7(5-16)10(9)22-23(19,20)11(12,13)14/h3-6H,1-2H3. The van der Waals surface area contributed by atoms with Crippen molar-refractivity contribution in [1.82, 2.24) is 0 Å². The first kappa shape index (κ1) is 18.7. The lowest BCUT2D eigenvalue weighted by molar-refractivity contribution is -0.385. The van der Waals surface area contributed by atoms with Gasteiger partial charge in [0, 0.05) is 6.07 Å². The molecule has 0 amide bonds. The minimum absolute atomic E-state index is 0.0819. The molecular formula is C11H10F3NO7S. The number of nitrogens with zero attached hydrogens (tertiary/aromatic N) is 1. The summed E-state index contributed by atoms with van der Waals surface area (Å²) in [7, 11) is -6.08. The number of hydrogen-bond donors (Lipinski definition) is 0. The third kappa shape index (κ3) is 4.31. The Bertz CT molecular complexity index is 728. The van der Waals surface area contributed by atoms with Crippen molar-refractivity contribution in [2.45, 2.75) is 25.5 Å². The van der Waals surface area contributed by atoms with Crippen molar-refractivity contribution < 1.29 is 40.2 Å². The van der Waals surface area contributed by atoms with Crippen molar-refractivity contribution in [3.63, 3.8) is 0 Å². The van der Waals surface area contributed by atoms with Gasteiger partial charge in [-0.2, -0.15) is 21.6 Å². The van der Waals surface area contributed by atoms with Crippen molar-refractivity contribution >= 4 is 22.1 Å². The maximum absolute atomic E-state index is 12.4. The highest BCUT2D eigenvalue weighted by Gasteiger charge is 2.49. The summed E-state index contributed by atoms with van der Waals surface area (Å²) in [6, 6.07) is 1.23. The molecule has 128 valence electrons. The summed E-state index contributed by atoms with van der Waals surface area (Å²) in [5, 5.41) is 10.8. The number of halogens is 3. The Hall–Kier alpha value is -2.37. The van der Waals surface area contributed by atoms with E-state index in [9.17, 15) is 36.5 Å². The van der Waals surface area contributed by atoms with Gasteiger partial charge >= 0.3 is 15.6 Å². The lowest BCUT2D eigenvalue weighted by Gasteiger charge is -2.16. The Morgan fingerprint density at radius 1 is 1.30 bits per heavy atom. The van der Waals surface area contributed by atoms with Gasteiger partial charge in [0.15, 0.2) is 17.8 Å². The fourth-order valence-electron chi connectivity index (χ4n) is 1.39. The molecule has 0 aliphatic heterocycles. The molecule has 0 aromatic heterocycles. The van der Waals surface area contributed by atoms with Gasteiger partial charge in [-0.15, -0.1) is 0 Å². The Kier molecular flexibility index (Phi) is 5.20. The van der Waals surface area contributed by atoms with Gasteiger partial charge in [-0.05, 0) is 13.8 Å². The second-order valence-corrected chi connectivity index (χ2v) is 5.92. The minimum Gasteiger partial charge on any atom is -0.487 e. The summed E-state index contributed by atoms with van der Waals surface area (Å²) in [4.78, 5) is 20.8. The first-order chi connectivity index (χ1) is 10.4. The van der Waals surface area contributed by atoms with Crippen molar-refractivity contribution in [1.29, 1.82) is 0 Å². The summed E-state index contributed by atoms with van der Waals surface area (Å²) in [6.07, 6.45) is -0.769. The average Bonchev–Trinajstić information content (AvgIpc) is 2.37. The molecule has 0 saturated carbocycles. The van der Waals surface area contributed by atoms with Crippen molar-refractivity contribution in [2.24, 2.45) is 0 Å². The van der Waals surface area contributed by atoms with E-state index in [0.717, 1.165) is 0 Å². The molecule has 0 N–H and O–H groups in total. The Morgan fingerprint density at radius 3 is 2.26 bits per heavy atom. The summed E-state index contributed by atoms with van der Waals surface area (Å²) in [5.41, 5.74) is -7.20. The average molecular weight is 357 g/mol. The number of nitro benzene ring substituents is 1. The molecule has 23 heavy (non-hydrogen) atoms. The first-order valence-corrected chi connectivity index (χ1v) is 7.25. The van der Waals surface area contributed by atoms with Crippen LogP contribution in [0.5, 0.6) is 11.5 Å². The van der Waals surface area contributed by atoms with Crippen LogP contribution in [0.4, 0.5) is 18.9 Å². The molecule has 0 atom stereocenters. The number of rotatable bonds is 6. The van der Waals surface area contributed by atoms with Crippen LogP contribution in [0.3, 0.4) is 0 Å². The highest BCUT2D eigenvalue weighted by molar-refractivity contribution is 7.88. The zero-order chi connectivity index (χ0) is 18.0. The molecule has 1 aromatic rings. The zero-order valence-electron chi connectivity index (χ0n) is 11.7. The number of carbonyl (C=O) groups excluding carboxylic acids is 1. The van der Waals surface area contributed by atoms with Gasteiger partial charge in [-0.1, -0.05) is 0 Å². The molecule has 12 heteroatoms. The lowest BCUT2D eigenvalue weighted by Crippen LogP contribution is -2.28. The zero-order valence-corrected chi connectivity index (χ0v) is 12.5. The van der Waals surface area contributed by atoms with Crippen molar-refractivity contribution in [3.8, 4) is 11.5 Å². The summed E-state index contributed by atoms with van der Waals surface area (Å²) in [6.45, 7) is 2.86. The van der Waals surface area contributed by atoms with Gasteiger partial charge < -0.3 is 8.92 Å². The number of carbonyl (C=O) groups is 1. The largest absolute Gasteiger partial charge is 0.534 e. The molecule has 0 heterocycles. The Labute approximate surface area is 128 Å². The van der Waals surface area contributed by atoms with E-state index in [1.807, 2.05) is 0 Å². The molecule has 8 nitrogen and oxygen atoms in total. The van der Waals surface area contributed by atoms with Gasteiger partial charge in [0.1, 0.15) is 0 Å². The fourth-order valence-corrected chi connectivity index (χ4v) is 1.88. The van der Waals surface area contributed by atoms with Crippen LogP contribution < -0.4 is 8.92 Å². The van der Waals surface area contributed by atoms with E-state index in [1.54, 1.807) is 0 Å². The number of alkyl halides is 3. The van der Waals surface area contributed by atoms with E-state index in [1.165, 1.54) is 13.8 Å². The molecular weight excluding hydrogens is 347 g/mol. The minimum atomic E-state index is -6.08. The van der Waals surface area contributed by atoms with E-state index in [4.69, 9.17) is 4.74 Å². The number of ether oxygens (including phenoxy) is 1. The predicted octanol–water partition coefficient (Wildman–Crippen LogP) is 2.42. The van der Waals surface area contributed by atoms with Crippen LogP contribution in [0.25, 0.3) is 0 Å². The highest BCUT2D eigenvalue weighted by Crippen LogP contribution is 2.38. The van der Waals surface area contributed by atoms with Gasteiger partial charge in [-0.3, -0.25) is 14.9 Å². The third-order valence-corrected chi connectivity index (χ3v) is 3.20. The molecule has 0 radical (unpaired) electrons. The molecule has 0 aliphatic carbocycles. The number of aldehydes is 1. The van der Waals surface area contributed by atoms with E-state index >= 15 is 0 Å². The maximum atomic E-state index is 12.4. The molecule has 1 rings (SSSR count).